The number of aliphatic hydroxyl groups excluding tert-OH is 3. The number of nitrogens with two attached hydrogens (primary N) is 1. The van der Waals surface area contributed by atoms with Gasteiger partial charge in [0, 0.05) is 6.42 Å². The molecule has 0 amide bonds. The zero-order chi connectivity index (χ0) is 18.0. The van der Waals surface area contributed by atoms with Gasteiger partial charge in [0.1, 0.15) is 23.8 Å². The Morgan fingerprint density at radius 3 is 2.80 bits per heavy atom. The van der Waals surface area contributed by atoms with Crippen LogP contribution in [0, 0.1) is 11.8 Å². The zero-order valence-corrected chi connectivity index (χ0v) is 13.8. The van der Waals surface area contributed by atoms with Gasteiger partial charge in [-0.05, 0) is 12.3 Å². The van der Waals surface area contributed by atoms with Gasteiger partial charge in [-0.15, -0.1) is 0 Å². The van der Waals surface area contributed by atoms with Gasteiger partial charge in [0.05, 0.1) is 12.9 Å². The van der Waals surface area contributed by atoms with Crippen LogP contribution in [-0.4, -0.2) is 59.8 Å². The first kappa shape index (κ1) is 17.6. The molecule has 1 aliphatic heterocycles. The highest BCUT2D eigenvalue weighted by atomic mass is 16.6. The smallest absolute Gasteiger partial charge is 0.208 e. The first-order valence-electron chi connectivity index (χ1n) is 8.18. The predicted octanol–water partition coefficient (Wildman–Crippen LogP) is -0.438. The van der Waals surface area contributed by atoms with Crippen LogP contribution in [0.2, 0.25) is 0 Å². The van der Waals surface area contributed by atoms with Gasteiger partial charge in [0.15, 0.2) is 17.7 Å². The fourth-order valence-corrected chi connectivity index (χ4v) is 2.70. The summed E-state index contributed by atoms with van der Waals surface area (Å²) in [6, 6.07) is 0. The predicted molar refractivity (Wildman–Crippen MR) is 89.1 cm³/mol. The maximum absolute atomic E-state index is 10.2. The Morgan fingerprint density at radius 2 is 2.12 bits per heavy atom. The molecule has 0 saturated carbocycles. The number of unbranched alkanes of at least 4 members (excludes halogenated alkanes) is 2. The molecule has 2 aromatic heterocycles. The molecule has 134 valence electrons. The quantitative estimate of drug-likeness (QED) is 0.431. The number of rotatable bonds is 4. The lowest BCUT2D eigenvalue weighted by atomic mass is 10.1. The molecule has 1 aliphatic rings. The highest BCUT2D eigenvalue weighted by Crippen LogP contribution is 2.31. The van der Waals surface area contributed by atoms with E-state index in [4.69, 9.17) is 10.5 Å². The number of fused-ring (bicyclic) bond motifs is 1. The third kappa shape index (κ3) is 3.29. The van der Waals surface area contributed by atoms with E-state index in [-0.39, 0.29) is 11.6 Å². The molecule has 0 aliphatic carbocycles. The van der Waals surface area contributed by atoms with Crippen LogP contribution in [0.1, 0.15) is 38.2 Å². The average molecular weight is 347 g/mol. The van der Waals surface area contributed by atoms with Gasteiger partial charge in [-0.3, -0.25) is 4.57 Å². The molecule has 0 bridgehead atoms. The molecule has 0 spiro atoms. The van der Waals surface area contributed by atoms with E-state index in [1.165, 1.54) is 10.9 Å². The van der Waals surface area contributed by atoms with Crippen molar-refractivity contribution >= 4 is 17.0 Å². The molecule has 9 heteroatoms. The summed E-state index contributed by atoms with van der Waals surface area (Å²) in [6.07, 6.45) is -0.0713. The van der Waals surface area contributed by atoms with E-state index in [2.05, 4.69) is 33.7 Å². The van der Waals surface area contributed by atoms with Crippen LogP contribution in [0.3, 0.4) is 0 Å². The summed E-state index contributed by atoms with van der Waals surface area (Å²) in [5.41, 5.74) is 6.63. The average Bonchev–Trinajstić information content (AvgIpc) is 3.14. The van der Waals surface area contributed by atoms with Gasteiger partial charge in [0.2, 0.25) is 5.82 Å². The maximum atomic E-state index is 10.2. The number of ether oxygens (including phenoxy) is 1. The number of aromatic nitrogens is 4. The number of imidazole rings is 1. The lowest BCUT2D eigenvalue weighted by Crippen LogP contribution is -2.33. The second-order valence-electron chi connectivity index (χ2n) is 5.89. The van der Waals surface area contributed by atoms with Crippen molar-refractivity contribution in [2.45, 2.75) is 50.7 Å². The topological polar surface area (TPSA) is 140 Å². The largest absolute Gasteiger partial charge is 0.394 e. The van der Waals surface area contributed by atoms with E-state index in [1.807, 2.05) is 0 Å². The molecule has 25 heavy (non-hydrogen) atoms. The lowest BCUT2D eigenvalue weighted by Gasteiger charge is -2.16. The van der Waals surface area contributed by atoms with Crippen molar-refractivity contribution in [3.05, 3.63) is 12.2 Å². The molecule has 0 unspecified atom stereocenters. The van der Waals surface area contributed by atoms with Crippen molar-refractivity contribution < 1.29 is 20.1 Å². The van der Waals surface area contributed by atoms with Gasteiger partial charge >= 0.3 is 0 Å². The molecular weight excluding hydrogens is 326 g/mol. The van der Waals surface area contributed by atoms with Crippen LogP contribution >= 0.6 is 0 Å². The van der Waals surface area contributed by atoms with Crippen molar-refractivity contribution in [2.75, 3.05) is 12.3 Å². The normalized spacial score (nSPS) is 25.9. The monoisotopic (exact) mass is 347 g/mol. The van der Waals surface area contributed by atoms with Crippen LogP contribution in [0.15, 0.2) is 6.33 Å². The van der Waals surface area contributed by atoms with Crippen LogP contribution in [0.5, 0.6) is 0 Å². The van der Waals surface area contributed by atoms with Crippen LogP contribution in [0.4, 0.5) is 5.82 Å². The number of nitrogens with zero attached hydrogens (tertiary/aromatic N) is 4. The number of anilines is 1. The van der Waals surface area contributed by atoms with E-state index in [0.29, 0.717) is 11.2 Å². The fraction of sp³-hybridized carbons (Fsp3) is 0.562. The molecular formula is C16H21N5O4. The maximum Gasteiger partial charge on any atom is 0.208 e. The Bertz CT molecular complexity index is 812. The van der Waals surface area contributed by atoms with Crippen LogP contribution in [0.25, 0.3) is 11.2 Å². The number of hydrogen-bond donors (Lipinski definition) is 4. The molecule has 9 nitrogen and oxygen atoms in total. The minimum Gasteiger partial charge on any atom is -0.394 e. The second kappa shape index (κ2) is 7.33. The first-order valence-corrected chi connectivity index (χ1v) is 8.18. The summed E-state index contributed by atoms with van der Waals surface area (Å²) < 4.78 is 6.98. The third-order valence-electron chi connectivity index (χ3n) is 4.10. The van der Waals surface area contributed by atoms with E-state index >= 15 is 0 Å². The van der Waals surface area contributed by atoms with E-state index < -0.39 is 31.1 Å². The van der Waals surface area contributed by atoms with Crippen molar-refractivity contribution in [3.8, 4) is 11.8 Å². The Labute approximate surface area is 144 Å². The molecule has 1 fully saturated rings. The first-order chi connectivity index (χ1) is 12.1. The summed E-state index contributed by atoms with van der Waals surface area (Å²) in [6.45, 7) is 1.67. The second-order valence-corrected chi connectivity index (χ2v) is 5.89. The van der Waals surface area contributed by atoms with Gasteiger partial charge in [-0.1, -0.05) is 19.3 Å². The van der Waals surface area contributed by atoms with Crippen molar-refractivity contribution in [1.29, 1.82) is 0 Å². The van der Waals surface area contributed by atoms with E-state index in [9.17, 15) is 15.3 Å². The van der Waals surface area contributed by atoms with Gasteiger partial charge in [0.25, 0.3) is 0 Å². The molecule has 4 atom stereocenters. The minimum atomic E-state index is -1.23. The van der Waals surface area contributed by atoms with Gasteiger partial charge < -0.3 is 25.8 Å². The Balaban J connectivity index is 1.97. The minimum absolute atomic E-state index is 0.176. The number of hydrogen-bond acceptors (Lipinski definition) is 8. The highest BCUT2D eigenvalue weighted by molar-refractivity contribution is 5.82. The van der Waals surface area contributed by atoms with Crippen molar-refractivity contribution in [3.63, 3.8) is 0 Å². The third-order valence-corrected chi connectivity index (χ3v) is 4.10. The Kier molecular flexibility index (Phi) is 5.15. The molecule has 0 aromatic carbocycles. The van der Waals surface area contributed by atoms with Gasteiger partial charge in [-0.2, -0.15) is 0 Å². The van der Waals surface area contributed by atoms with Crippen LogP contribution < -0.4 is 5.73 Å². The molecule has 5 N–H and O–H groups in total. The standard InChI is InChI=1S/C16H21N5O4/c1-2-3-4-5-6-10-19-14(17)11-15(20-10)21(8-18-11)16-13(24)12(23)9(7-22)25-16/h8-9,12-13,16,22-24H,2-4,7H2,1H3,(H2,17,19,20)/t9-,12-,13+,16-/m1/s1. The highest BCUT2D eigenvalue weighted by Gasteiger charge is 2.44. The molecule has 3 heterocycles. The number of aliphatic hydroxyl groups is 3. The van der Waals surface area contributed by atoms with Crippen molar-refractivity contribution in [1.82, 2.24) is 19.5 Å². The summed E-state index contributed by atoms with van der Waals surface area (Å²) in [7, 11) is 0. The fourth-order valence-electron chi connectivity index (χ4n) is 2.70. The number of nitrogen functional groups attached to an aromatic ring is 1. The lowest BCUT2D eigenvalue weighted by molar-refractivity contribution is -0.0511. The summed E-state index contributed by atoms with van der Waals surface area (Å²) in [4.78, 5) is 12.6. The Hall–Kier alpha value is -2.25. The summed E-state index contributed by atoms with van der Waals surface area (Å²) >= 11 is 0. The zero-order valence-electron chi connectivity index (χ0n) is 13.8. The SMILES string of the molecule is CCCCC#Cc1nc(N)c2ncn([C@@H]3O[C@H](CO)[C@@H](O)[C@@H]3O)c2n1. The van der Waals surface area contributed by atoms with Crippen LogP contribution in [-0.2, 0) is 4.74 Å². The molecule has 3 rings (SSSR count). The Morgan fingerprint density at radius 1 is 1.32 bits per heavy atom. The summed E-state index contributed by atoms with van der Waals surface area (Å²) in [5.74, 6) is 6.30. The van der Waals surface area contributed by atoms with Crippen molar-refractivity contribution in [2.24, 2.45) is 0 Å². The van der Waals surface area contributed by atoms with E-state index in [0.717, 1.165) is 19.3 Å². The molecule has 1 saturated heterocycles. The summed E-state index contributed by atoms with van der Waals surface area (Å²) in [5, 5.41) is 29.3. The van der Waals surface area contributed by atoms with Gasteiger partial charge in [-0.25, -0.2) is 15.0 Å². The molecule has 2 aromatic rings. The van der Waals surface area contributed by atoms with E-state index in [1.54, 1.807) is 0 Å². The molecule has 0 radical (unpaired) electrons.